The third kappa shape index (κ3) is 3.99. The number of aromatic nitrogens is 2. The Balaban J connectivity index is 1.59. The van der Waals surface area contributed by atoms with E-state index < -0.39 is 0 Å². The Labute approximate surface area is 139 Å². The van der Waals surface area contributed by atoms with Gasteiger partial charge in [-0.2, -0.15) is 0 Å². The van der Waals surface area contributed by atoms with E-state index in [1.807, 2.05) is 48.5 Å². The standard InChI is InChI=1S/C18H15ClN2O2/c19-16-4-2-1-3-15(16)14-7-5-13(6-8-14)12-23-18(22)11-17-20-9-10-21-17/h1-10H,11-12H2,(H,20,21). The molecule has 0 aliphatic heterocycles. The van der Waals surface area contributed by atoms with E-state index in [9.17, 15) is 4.79 Å². The summed E-state index contributed by atoms with van der Waals surface area (Å²) >= 11 is 6.19. The van der Waals surface area contributed by atoms with E-state index in [2.05, 4.69) is 9.97 Å². The molecule has 0 radical (unpaired) electrons. The van der Waals surface area contributed by atoms with E-state index in [0.717, 1.165) is 16.7 Å². The second-order valence-corrected chi connectivity index (χ2v) is 5.46. The first-order chi connectivity index (χ1) is 11.2. The lowest BCUT2D eigenvalue weighted by molar-refractivity contribution is -0.144. The fourth-order valence-corrected chi connectivity index (χ4v) is 2.47. The molecule has 1 aromatic heterocycles. The first-order valence-corrected chi connectivity index (χ1v) is 7.58. The number of hydrogen-bond donors (Lipinski definition) is 1. The summed E-state index contributed by atoms with van der Waals surface area (Å²) in [5.74, 6) is 0.291. The van der Waals surface area contributed by atoms with Crippen molar-refractivity contribution < 1.29 is 9.53 Å². The third-order valence-electron chi connectivity index (χ3n) is 3.41. The molecule has 0 bridgehead atoms. The number of benzene rings is 2. The smallest absolute Gasteiger partial charge is 0.313 e. The lowest BCUT2D eigenvalue weighted by Gasteiger charge is -2.07. The van der Waals surface area contributed by atoms with Crippen LogP contribution in [0.15, 0.2) is 60.9 Å². The predicted molar refractivity (Wildman–Crippen MR) is 89.0 cm³/mol. The van der Waals surface area contributed by atoms with Gasteiger partial charge in [0.15, 0.2) is 0 Å². The van der Waals surface area contributed by atoms with Gasteiger partial charge in [0.05, 0.1) is 0 Å². The Morgan fingerprint density at radius 1 is 1.13 bits per heavy atom. The number of halogens is 1. The topological polar surface area (TPSA) is 55.0 Å². The van der Waals surface area contributed by atoms with E-state index in [4.69, 9.17) is 16.3 Å². The fraction of sp³-hybridized carbons (Fsp3) is 0.111. The molecule has 0 amide bonds. The molecular weight excluding hydrogens is 312 g/mol. The van der Waals surface area contributed by atoms with Gasteiger partial charge in [-0.25, -0.2) is 4.98 Å². The minimum absolute atomic E-state index is 0.144. The highest BCUT2D eigenvalue weighted by Crippen LogP contribution is 2.27. The molecular formula is C18H15ClN2O2. The number of nitrogens with zero attached hydrogens (tertiary/aromatic N) is 1. The highest BCUT2D eigenvalue weighted by atomic mass is 35.5. The van der Waals surface area contributed by atoms with Crippen molar-refractivity contribution in [1.29, 1.82) is 0 Å². The van der Waals surface area contributed by atoms with Crippen molar-refractivity contribution in [2.45, 2.75) is 13.0 Å². The average molecular weight is 327 g/mol. The first-order valence-electron chi connectivity index (χ1n) is 7.20. The zero-order valence-electron chi connectivity index (χ0n) is 12.3. The Bertz CT molecular complexity index is 783. The van der Waals surface area contributed by atoms with Crippen molar-refractivity contribution in [2.24, 2.45) is 0 Å². The molecule has 1 heterocycles. The van der Waals surface area contributed by atoms with Crippen LogP contribution in [0.4, 0.5) is 0 Å². The Kier molecular flexibility index (Phi) is 4.74. The number of esters is 1. The van der Waals surface area contributed by atoms with Crippen molar-refractivity contribution in [3.8, 4) is 11.1 Å². The number of hydrogen-bond acceptors (Lipinski definition) is 3. The van der Waals surface area contributed by atoms with Crippen LogP contribution >= 0.6 is 11.6 Å². The van der Waals surface area contributed by atoms with E-state index in [1.165, 1.54) is 0 Å². The summed E-state index contributed by atoms with van der Waals surface area (Å²) in [4.78, 5) is 18.6. The molecule has 23 heavy (non-hydrogen) atoms. The van der Waals surface area contributed by atoms with E-state index >= 15 is 0 Å². The molecule has 0 unspecified atom stereocenters. The summed E-state index contributed by atoms with van der Waals surface area (Å²) in [6.45, 7) is 0.238. The number of ether oxygens (including phenoxy) is 1. The van der Waals surface area contributed by atoms with Gasteiger partial charge >= 0.3 is 5.97 Å². The van der Waals surface area contributed by atoms with Crippen LogP contribution < -0.4 is 0 Å². The largest absolute Gasteiger partial charge is 0.460 e. The Morgan fingerprint density at radius 2 is 1.91 bits per heavy atom. The number of carbonyl (C=O) groups is 1. The van der Waals surface area contributed by atoms with Gasteiger partial charge in [0.25, 0.3) is 0 Å². The van der Waals surface area contributed by atoms with Crippen LogP contribution in [0.5, 0.6) is 0 Å². The number of imidazole rings is 1. The normalized spacial score (nSPS) is 10.5. The van der Waals surface area contributed by atoms with Crippen LogP contribution in [0.3, 0.4) is 0 Å². The highest BCUT2D eigenvalue weighted by Gasteiger charge is 2.07. The van der Waals surface area contributed by atoms with Gasteiger partial charge in [-0.1, -0.05) is 54.1 Å². The van der Waals surface area contributed by atoms with Crippen LogP contribution in [0.1, 0.15) is 11.4 Å². The molecule has 3 rings (SSSR count). The molecule has 0 spiro atoms. The van der Waals surface area contributed by atoms with Gasteiger partial charge in [-0.3, -0.25) is 4.79 Å². The minimum atomic E-state index is -0.310. The molecule has 0 saturated heterocycles. The number of carbonyl (C=O) groups excluding carboxylic acids is 1. The summed E-state index contributed by atoms with van der Waals surface area (Å²) in [7, 11) is 0. The van der Waals surface area contributed by atoms with Crippen LogP contribution in [0.25, 0.3) is 11.1 Å². The molecule has 5 heteroatoms. The van der Waals surface area contributed by atoms with Crippen LogP contribution in [0, 0.1) is 0 Å². The van der Waals surface area contributed by atoms with Crippen molar-refractivity contribution in [3.05, 3.63) is 77.3 Å². The summed E-state index contributed by atoms with van der Waals surface area (Å²) in [5, 5.41) is 0.713. The minimum Gasteiger partial charge on any atom is -0.460 e. The molecule has 0 saturated carbocycles. The predicted octanol–water partition coefficient (Wildman–Crippen LogP) is 4.02. The molecule has 116 valence electrons. The fourth-order valence-electron chi connectivity index (χ4n) is 2.22. The highest BCUT2D eigenvalue weighted by molar-refractivity contribution is 6.33. The number of aromatic amines is 1. The summed E-state index contributed by atoms with van der Waals surface area (Å²) in [5.41, 5.74) is 2.94. The van der Waals surface area contributed by atoms with Gasteiger partial charge in [-0.15, -0.1) is 0 Å². The van der Waals surface area contributed by atoms with E-state index in [0.29, 0.717) is 10.8 Å². The maximum Gasteiger partial charge on any atom is 0.313 e. The average Bonchev–Trinajstić information content (AvgIpc) is 3.07. The molecule has 4 nitrogen and oxygen atoms in total. The van der Waals surface area contributed by atoms with Gasteiger partial charge in [0.1, 0.15) is 18.9 Å². The Hall–Kier alpha value is -2.59. The molecule has 0 fully saturated rings. The lowest BCUT2D eigenvalue weighted by atomic mass is 10.0. The van der Waals surface area contributed by atoms with Crippen molar-refractivity contribution in [2.75, 3.05) is 0 Å². The third-order valence-corrected chi connectivity index (χ3v) is 3.73. The Morgan fingerprint density at radius 3 is 2.61 bits per heavy atom. The van der Waals surface area contributed by atoms with Crippen molar-refractivity contribution in [3.63, 3.8) is 0 Å². The van der Waals surface area contributed by atoms with Crippen molar-refractivity contribution >= 4 is 17.6 Å². The lowest BCUT2D eigenvalue weighted by Crippen LogP contribution is -2.09. The van der Waals surface area contributed by atoms with Gasteiger partial charge in [0, 0.05) is 23.0 Å². The second kappa shape index (κ2) is 7.11. The zero-order valence-corrected chi connectivity index (χ0v) is 13.1. The number of nitrogens with one attached hydrogen (secondary N) is 1. The van der Waals surface area contributed by atoms with Crippen LogP contribution in [-0.4, -0.2) is 15.9 Å². The summed E-state index contributed by atoms with van der Waals surface area (Å²) in [6, 6.07) is 15.5. The maximum absolute atomic E-state index is 11.7. The summed E-state index contributed by atoms with van der Waals surface area (Å²) < 4.78 is 5.25. The number of H-pyrrole nitrogens is 1. The number of rotatable bonds is 5. The van der Waals surface area contributed by atoms with Crippen LogP contribution in [-0.2, 0) is 22.6 Å². The second-order valence-electron chi connectivity index (χ2n) is 5.05. The molecule has 0 aliphatic carbocycles. The first kappa shape index (κ1) is 15.3. The molecule has 1 N–H and O–H groups in total. The van der Waals surface area contributed by atoms with Gasteiger partial charge < -0.3 is 9.72 Å². The zero-order chi connectivity index (χ0) is 16.1. The molecule has 0 aliphatic rings. The molecule has 3 aromatic rings. The van der Waals surface area contributed by atoms with Crippen LogP contribution in [0.2, 0.25) is 5.02 Å². The van der Waals surface area contributed by atoms with Gasteiger partial charge in [-0.05, 0) is 17.2 Å². The summed E-state index contributed by atoms with van der Waals surface area (Å²) in [6.07, 6.45) is 3.43. The molecule has 2 aromatic carbocycles. The molecule has 0 atom stereocenters. The monoisotopic (exact) mass is 326 g/mol. The van der Waals surface area contributed by atoms with E-state index in [-0.39, 0.29) is 19.0 Å². The van der Waals surface area contributed by atoms with Crippen molar-refractivity contribution in [1.82, 2.24) is 9.97 Å². The quantitative estimate of drug-likeness (QED) is 0.721. The maximum atomic E-state index is 11.7. The van der Waals surface area contributed by atoms with Gasteiger partial charge in [0.2, 0.25) is 0 Å². The SMILES string of the molecule is O=C(Cc1ncc[nH]1)OCc1ccc(-c2ccccc2Cl)cc1. The van der Waals surface area contributed by atoms with E-state index in [1.54, 1.807) is 12.4 Å².